The molecule has 2 amide bonds. The van der Waals surface area contributed by atoms with Crippen LogP contribution in [0.15, 0.2) is 60.7 Å². The summed E-state index contributed by atoms with van der Waals surface area (Å²) >= 11 is 6.48. The van der Waals surface area contributed by atoms with Gasteiger partial charge in [-0.05, 0) is 59.2 Å². The number of hydrogen-bond acceptors (Lipinski definition) is 2. The second-order valence-electron chi connectivity index (χ2n) is 8.23. The van der Waals surface area contributed by atoms with E-state index in [1.807, 2.05) is 56.3 Å². The molecule has 5 heteroatoms. The number of hydrogen-bond donors (Lipinski definition) is 2. The van der Waals surface area contributed by atoms with Crippen LogP contribution in [0.2, 0.25) is 5.02 Å². The highest BCUT2D eigenvalue weighted by Crippen LogP contribution is 2.35. The first-order valence-electron chi connectivity index (χ1n) is 11.2. The maximum atomic E-state index is 13.6. The van der Waals surface area contributed by atoms with Gasteiger partial charge < -0.3 is 11.1 Å². The molecule has 32 heavy (non-hydrogen) atoms. The van der Waals surface area contributed by atoms with Gasteiger partial charge in [0.1, 0.15) is 0 Å². The minimum absolute atomic E-state index is 0.211. The van der Waals surface area contributed by atoms with Crippen LogP contribution in [0.4, 0.5) is 21.9 Å². The van der Waals surface area contributed by atoms with E-state index in [4.69, 9.17) is 17.3 Å². The van der Waals surface area contributed by atoms with Crippen LogP contribution in [0.1, 0.15) is 55.9 Å². The van der Waals surface area contributed by atoms with Gasteiger partial charge in [0.2, 0.25) is 0 Å². The molecule has 0 aliphatic rings. The zero-order valence-electron chi connectivity index (χ0n) is 19.3. The molecule has 0 saturated carbocycles. The average Bonchev–Trinajstić information content (AvgIpc) is 2.78. The van der Waals surface area contributed by atoms with E-state index in [9.17, 15) is 4.79 Å². The number of carbonyl (C=O) groups excluding carboxylic acids is 1. The summed E-state index contributed by atoms with van der Waals surface area (Å²) in [6.07, 6.45) is 1.40. The van der Waals surface area contributed by atoms with E-state index in [2.05, 4.69) is 31.3 Å². The van der Waals surface area contributed by atoms with Crippen molar-refractivity contribution in [2.75, 3.05) is 16.0 Å². The van der Waals surface area contributed by atoms with Crippen LogP contribution in [0.25, 0.3) is 0 Å². The van der Waals surface area contributed by atoms with Crippen molar-refractivity contribution >= 4 is 34.7 Å². The van der Waals surface area contributed by atoms with Crippen LogP contribution in [-0.4, -0.2) is 6.03 Å². The summed E-state index contributed by atoms with van der Waals surface area (Å²) in [6.45, 7) is 8.82. The fraction of sp³-hybridized carbons (Fsp3) is 0.296. The van der Waals surface area contributed by atoms with Crippen LogP contribution in [0.5, 0.6) is 0 Å². The van der Waals surface area contributed by atoms with E-state index < -0.39 is 0 Å². The predicted octanol–water partition coefficient (Wildman–Crippen LogP) is 7.41. The maximum Gasteiger partial charge on any atom is 0.326 e. The minimum Gasteiger partial charge on any atom is -0.398 e. The van der Waals surface area contributed by atoms with Gasteiger partial charge in [0.05, 0.1) is 12.2 Å². The number of nitrogen functional groups attached to an aromatic ring is 1. The number of nitrogens with zero attached hydrogens (tertiary/aromatic N) is 1. The Labute approximate surface area is 196 Å². The highest BCUT2D eigenvalue weighted by Gasteiger charge is 2.21. The maximum absolute atomic E-state index is 13.6. The number of anilines is 3. The van der Waals surface area contributed by atoms with Crippen LogP contribution in [0, 0.1) is 0 Å². The van der Waals surface area contributed by atoms with Gasteiger partial charge in [0.15, 0.2) is 0 Å². The Morgan fingerprint density at radius 1 is 1.00 bits per heavy atom. The summed E-state index contributed by atoms with van der Waals surface area (Å²) < 4.78 is 0. The van der Waals surface area contributed by atoms with Crippen molar-refractivity contribution in [2.24, 2.45) is 0 Å². The van der Waals surface area contributed by atoms with Gasteiger partial charge in [-0.3, -0.25) is 4.90 Å². The third-order valence-corrected chi connectivity index (χ3v) is 6.10. The smallest absolute Gasteiger partial charge is 0.326 e. The highest BCUT2D eigenvalue weighted by molar-refractivity contribution is 6.32. The number of urea groups is 1. The topological polar surface area (TPSA) is 58.4 Å². The molecule has 0 unspecified atom stereocenters. The molecule has 3 N–H and O–H groups in total. The Hall–Kier alpha value is -2.98. The van der Waals surface area contributed by atoms with Crippen LogP contribution >= 0.6 is 11.6 Å². The van der Waals surface area contributed by atoms with Crippen LogP contribution < -0.4 is 16.0 Å². The summed E-state index contributed by atoms with van der Waals surface area (Å²) in [5.74, 6) is 0.425. The van der Waals surface area contributed by atoms with E-state index >= 15 is 0 Å². The third-order valence-electron chi connectivity index (χ3n) is 5.76. The molecule has 168 valence electrons. The number of nitrogens with two attached hydrogens (primary N) is 1. The molecule has 0 fully saturated rings. The van der Waals surface area contributed by atoms with E-state index in [0.29, 0.717) is 36.0 Å². The molecule has 0 aliphatic carbocycles. The van der Waals surface area contributed by atoms with Crippen LogP contribution in [-0.2, 0) is 19.4 Å². The first kappa shape index (κ1) is 23.7. The fourth-order valence-electron chi connectivity index (χ4n) is 3.89. The second kappa shape index (κ2) is 10.6. The highest BCUT2D eigenvalue weighted by atomic mass is 35.5. The third kappa shape index (κ3) is 5.25. The van der Waals surface area contributed by atoms with Crippen molar-refractivity contribution in [3.8, 4) is 0 Å². The van der Waals surface area contributed by atoms with Gasteiger partial charge in [-0.25, -0.2) is 4.79 Å². The first-order valence-corrected chi connectivity index (χ1v) is 11.6. The Bertz CT molecular complexity index is 1030. The summed E-state index contributed by atoms with van der Waals surface area (Å²) in [4.78, 5) is 15.4. The molecule has 0 bridgehead atoms. The van der Waals surface area contributed by atoms with Gasteiger partial charge in [-0.15, -0.1) is 0 Å². The van der Waals surface area contributed by atoms with E-state index in [1.165, 1.54) is 5.56 Å². The monoisotopic (exact) mass is 449 g/mol. The van der Waals surface area contributed by atoms with Crippen molar-refractivity contribution in [1.82, 2.24) is 0 Å². The molecule has 0 radical (unpaired) electrons. The molecule has 3 aromatic rings. The minimum atomic E-state index is -0.211. The molecule has 4 nitrogen and oxygen atoms in total. The Balaban J connectivity index is 2.01. The normalized spacial score (nSPS) is 10.9. The number of halogens is 1. The number of benzene rings is 3. The molecule has 0 saturated heterocycles. The van der Waals surface area contributed by atoms with E-state index in [-0.39, 0.29) is 6.03 Å². The van der Waals surface area contributed by atoms with Crippen molar-refractivity contribution < 1.29 is 4.79 Å². The largest absolute Gasteiger partial charge is 0.398 e. The van der Waals surface area contributed by atoms with Gasteiger partial charge in [0.25, 0.3) is 0 Å². The Morgan fingerprint density at radius 2 is 1.62 bits per heavy atom. The molecule has 0 aromatic heterocycles. The van der Waals surface area contributed by atoms with Crippen molar-refractivity contribution in [3.05, 3.63) is 87.9 Å². The first-order chi connectivity index (χ1) is 15.3. The standard InChI is InChI=1S/C27H32ClN3O/c1-5-22-24(28)16-25(29)23(6-2)26(22)30-27(32)31(17-19-10-8-7-9-11-19)21-14-12-20(13-15-21)18(3)4/h7-16,18H,5-6,17,29H2,1-4H3,(H,30,32). The Morgan fingerprint density at radius 3 is 2.19 bits per heavy atom. The lowest BCUT2D eigenvalue weighted by Crippen LogP contribution is -2.35. The lowest BCUT2D eigenvalue weighted by Gasteiger charge is -2.26. The van der Waals surface area contributed by atoms with Gasteiger partial charge in [-0.1, -0.05) is 81.8 Å². The number of rotatable bonds is 7. The SMILES string of the molecule is CCc1c(N)cc(Cl)c(CC)c1NC(=O)N(Cc1ccccc1)c1ccc(C(C)C)cc1. The van der Waals surface area contributed by atoms with Gasteiger partial charge >= 0.3 is 6.03 Å². The zero-order valence-corrected chi connectivity index (χ0v) is 20.0. The van der Waals surface area contributed by atoms with Crippen molar-refractivity contribution in [1.29, 1.82) is 0 Å². The van der Waals surface area contributed by atoms with Crippen molar-refractivity contribution in [2.45, 2.75) is 53.0 Å². The lowest BCUT2D eigenvalue weighted by atomic mass is 10.0. The van der Waals surface area contributed by atoms with Crippen LogP contribution in [0.3, 0.4) is 0 Å². The van der Waals surface area contributed by atoms with E-state index in [0.717, 1.165) is 28.1 Å². The summed E-state index contributed by atoms with van der Waals surface area (Å²) in [6, 6.07) is 19.7. The number of nitrogens with one attached hydrogen (secondary N) is 1. The quantitative estimate of drug-likeness (QED) is 0.369. The molecule has 3 aromatic carbocycles. The van der Waals surface area contributed by atoms with Gasteiger partial charge in [-0.2, -0.15) is 0 Å². The Kier molecular flexibility index (Phi) is 7.81. The lowest BCUT2D eigenvalue weighted by molar-refractivity contribution is 0.256. The molecule has 0 aliphatic heterocycles. The molecular weight excluding hydrogens is 418 g/mol. The second-order valence-corrected chi connectivity index (χ2v) is 8.64. The van der Waals surface area contributed by atoms with Gasteiger partial charge in [0, 0.05) is 16.4 Å². The zero-order chi connectivity index (χ0) is 23.3. The predicted molar refractivity (Wildman–Crippen MR) is 137 cm³/mol. The summed E-state index contributed by atoms with van der Waals surface area (Å²) in [7, 11) is 0. The molecular formula is C27H32ClN3O. The fourth-order valence-corrected chi connectivity index (χ4v) is 4.24. The summed E-state index contributed by atoms with van der Waals surface area (Å²) in [5.41, 5.74) is 12.5. The number of amides is 2. The van der Waals surface area contributed by atoms with E-state index in [1.54, 1.807) is 11.0 Å². The molecule has 0 heterocycles. The number of carbonyl (C=O) groups is 1. The molecule has 0 spiro atoms. The van der Waals surface area contributed by atoms with Crippen molar-refractivity contribution in [3.63, 3.8) is 0 Å². The average molecular weight is 450 g/mol. The summed E-state index contributed by atoms with van der Waals surface area (Å²) in [5, 5.41) is 3.72. The molecule has 3 rings (SSSR count). The molecule has 0 atom stereocenters.